The second-order valence-corrected chi connectivity index (χ2v) is 24.0. The van der Waals surface area contributed by atoms with Crippen molar-refractivity contribution in [1.29, 1.82) is 0 Å². The topological polar surface area (TPSA) is 409 Å². The number of aliphatic hydroxyl groups is 3. The first-order valence-corrected chi connectivity index (χ1v) is 30.0. The molecule has 2 saturated heterocycles. The van der Waals surface area contributed by atoms with Crippen LogP contribution in [-0.4, -0.2) is 205 Å². The Labute approximate surface area is 495 Å². The number of hydrogen-bond acceptors (Lipinski definition) is 18. The van der Waals surface area contributed by atoms with E-state index in [4.69, 9.17) is 5.73 Å². The molecule has 2 aromatic rings. The highest BCUT2D eigenvalue weighted by molar-refractivity contribution is 7.99. The maximum Gasteiger partial charge on any atom is 0.253 e. The molecule has 6 heterocycles. The first-order chi connectivity index (χ1) is 40.5. The highest BCUT2D eigenvalue weighted by Gasteiger charge is 2.45. The van der Waals surface area contributed by atoms with Gasteiger partial charge in [0, 0.05) is 106 Å². The molecule has 1 aromatic carbocycles. The average molecular weight is 1210 g/mol. The van der Waals surface area contributed by atoms with Crippen LogP contribution in [0.15, 0.2) is 29.3 Å². The van der Waals surface area contributed by atoms with E-state index in [0.717, 1.165) is 21.6 Å². The minimum absolute atomic E-state index is 0.0402. The number of amides is 10. The number of aromatic amines is 1. The lowest BCUT2D eigenvalue weighted by Crippen LogP contribution is -2.56. The maximum absolute atomic E-state index is 15.0. The van der Waals surface area contributed by atoms with Crippen molar-refractivity contribution in [2.24, 2.45) is 35.3 Å². The Kier molecular flexibility index (Phi) is 22.8. The second kappa shape index (κ2) is 29.7. The van der Waals surface area contributed by atoms with Crippen LogP contribution < -0.4 is 37.6 Å². The highest BCUT2D eigenvalue weighted by atomic mass is 32.2. The van der Waals surface area contributed by atoms with Crippen molar-refractivity contribution in [2.45, 2.75) is 139 Å². The third kappa shape index (κ3) is 16.8. The number of hydrogen-bond donors (Lipinski definition) is 12. The number of H-pyrrole nitrogens is 1. The van der Waals surface area contributed by atoms with Crippen LogP contribution in [0.25, 0.3) is 10.9 Å². The molecule has 7 rings (SSSR count). The van der Waals surface area contributed by atoms with Gasteiger partial charge < -0.3 is 67.9 Å². The van der Waals surface area contributed by atoms with E-state index in [1.807, 2.05) is 0 Å². The summed E-state index contributed by atoms with van der Waals surface area (Å²) in [5, 5.41) is 60.4. The van der Waals surface area contributed by atoms with Crippen LogP contribution >= 0.6 is 11.8 Å². The SMILES string of the molecule is CC[C@H](C)[C@@H]1NC(=O)CNC(=O)[C@@H]2CC(=O)[C@H]([C@@H](C)[C@@H](O)CO)NC(=O)[C@@H]3C[C@@H](O)CN3C(=O)[C@H](CC(N)=O)CC(=O)[C@H](CSc3[nH]c4c(CN5CC[C@H](CNC(=O)CCCCCN6C(=O)C=CC6=O)C5)c(O)ccc4c3C2)NC(=O)CNC1=O. The van der Waals surface area contributed by atoms with Crippen molar-refractivity contribution in [3.05, 3.63) is 35.4 Å². The van der Waals surface area contributed by atoms with Gasteiger partial charge in [-0.3, -0.25) is 67.3 Å². The molecule has 0 unspecified atom stereocenters. The lowest BCUT2D eigenvalue weighted by Gasteiger charge is -2.32. The number of Topliss-reactive ketones (excluding diaryl/α,β-unsaturated/α-hetero) is 2. The monoisotopic (exact) mass is 1210 g/mol. The summed E-state index contributed by atoms with van der Waals surface area (Å²) in [5.41, 5.74) is 6.86. The van der Waals surface area contributed by atoms with Gasteiger partial charge in [-0.25, -0.2) is 0 Å². The van der Waals surface area contributed by atoms with Crippen molar-refractivity contribution in [3.63, 3.8) is 0 Å². The van der Waals surface area contributed by atoms with E-state index in [2.05, 4.69) is 41.8 Å². The van der Waals surface area contributed by atoms with E-state index in [9.17, 15) is 78.0 Å². The fourth-order valence-electron chi connectivity index (χ4n) is 11.6. The summed E-state index contributed by atoms with van der Waals surface area (Å²) >= 11 is 1.01. The van der Waals surface area contributed by atoms with Gasteiger partial charge in [-0.2, -0.15) is 0 Å². The predicted molar refractivity (Wildman–Crippen MR) is 305 cm³/mol. The number of aromatic hydroxyl groups is 1. The first-order valence-electron chi connectivity index (χ1n) is 29.0. The number of nitrogens with one attached hydrogen (secondary N) is 7. The number of nitrogens with two attached hydrogens (primary N) is 1. The minimum atomic E-state index is -1.65. The molecule has 0 aliphatic carbocycles. The number of fused-ring (bicyclic) bond motifs is 5. The minimum Gasteiger partial charge on any atom is -0.508 e. The van der Waals surface area contributed by atoms with Gasteiger partial charge in [0.25, 0.3) is 11.8 Å². The lowest BCUT2D eigenvalue weighted by atomic mass is 9.85. The zero-order valence-corrected chi connectivity index (χ0v) is 48.8. The molecule has 27 nitrogen and oxygen atoms in total. The number of rotatable bonds is 17. The van der Waals surface area contributed by atoms with Gasteiger partial charge in [-0.1, -0.05) is 33.6 Å². The van der Waals surface area contributed by atoms with Crippen molar-refractivity contribution in [1.82, 2.24) is 51.6 Å². The Morgan fingerprint density at radius 3 is 2.25 bits per heavy atom. The van der Waals surface area contributed by atoms with E-state index in [1.165, 1.54) is 25.1 Å². The summed E-state index contributed by atoms with van der Waals surface area (Å²) in [5.74, 6) is -13.6. The predicted octanol–water partition coefficient (Wildman–Crippen LogP) is -2.33. The normalized spacial score (nSPS) is 26.5. The molecule has 13 N–H and O–H groups in total. The molecule has 1 aromatic heterocycles. The largest absolute Gasteiger partial charge is 0.508 e. The fraction of sp³-hybridized carbons (Fsp3) is 0.614. The van der Waals surface area contributed by atoms with Crippen LogP contribution in [0.2, 0.25) is 0 Å². The summed E-state index contributed by atoms with van der Waals surface area (Å²) in [6, 6.07) is -2.76. The quantitative estimate of drug-likeness (QED) is 0.0584. The summed E-state index contributed by atoms with van der Waals surface area (Å²) in [7, 11) is 0. The number of nitrogens with zero attached hydrogens (tertiary/aromatic N) is 3. The zero-order valence-electron chi connectivity index (χ0n) is 48.0. The molecule has 464 valence electrons. The molecule has 0 radical (unpaired) electrons. The number of phenolic OH excluding ortho intramolecular Hbond substituents is 1. The number of phenols is 1. The molecule has 28 heteroatoms. The van der Waals surface area contributed by atoms with Crippen LogP contribution in [0.3, 0.4) is 0 Å². The summed E-state index contributed by atoms with van der Waals surface area (Å²) < 4.78 is 0. The van der Waals surface area contributed by atoms with E-state index < -0.39 is 158 Å². The van der Waals surface area contributed by atoms with Gasteiger partial charge in [0.2, 0.25) is 47.3 Å². The number of carbonyl (C=O) groups excluding carboxylic acids is 12. The van der Waals surface area contributed by atoms with E-state index in [1.54, 1.807) is 19.9 Å². The van der Waals surface area contributed by atoms with Gasteiger partial charge in [-0.15, -0.1) is 11.8 Å². The van der Waals surface area contributed by atoms with Crippen LogP contribution in [0.5, 0.6) is 5.75 Å². The number of carbonyl (C=O) groups is 12. The third-order valence-corrected chi connectivity index (χ3v) is 17.9. The summed E-state index contributed by atoms with van der Waals surface area (Å²) in [4.78, 5) is 172. The number of aliphatic hydroxyl groups excluding tert-OH is 3. The molecule has 2 bridgehead atoms. The molecule has 85 heavy (non-hydrogen) atoms. The van der Waals surface area contributed by atoms with E-state index in [-0.39, 0.29) is 67.5 Å². The highest BCUT2D eigenvalue weighted by Crippen LogP contribution is 2.39. The Bertz CT molecular complexity index is 2920. The molecule has 5 aliphatic rings. The van der Waals surface area contributed by atoms with Gasteiger partial charge >= 0.3 is 0 Å². The number of benzene rings is 1. The van der Waals surface area contributed by atoms with Crippen LogP contribution in [0.4, 0.5) is 0 Å². The molecule has 11 atom stereocenters. The van der Waals surface area contributed by atoms with E-state index >= 15 is 0 Å². The summed E-state index contributed by atoms with van der Waals surface area (Å²) in [6.07, 6.45) is -0.0747. The number of thioether (sulfide) groups is 1. The smallest absolute Gasteiger partial charge is 0.253 e. The standard InChI is InChI=1S/C57H79N11O16S/c1-4-29(2)50-55(83)61-22-46(77)62-38-28-85-56-36(35-9-10-40(71)37(52(35)65-56)26-66-15-13-31(24-66)21-59-45(76)8-6-5-7-14-67-48(79)11-12-49(67)80)16-32(53(81)60-23-47(78)63-50)17-42(73)51(30(3)43(74)27-69)64-54(82)39-20-34(70)25-68(39)57(84)33(18-41(38)72)19-44(58)75/h9-12,29-34,38-39,43,50-51,65,69-71,74H,4-8,13-28H2,1-3H3,(H2,58,75)(H,59,76)(H,60,81)(H,61,83)(H,62,77)(H,63,78)(H,64,82)/t29-,30-,31+,32-,33-,34+,38-,39-,43-,50-,51-/m0/s1. The number of aromatic nitrogens is 1. The van der Waals surface area contributed by atoms with Gasteiger partial charge in [0.1, 0.15) is 17.8 Å². The van der Waals surface area contributed by atoms with Crippen LogP contribution in [-0.2, 0) is 70.5 Å². The van der Waals surface area contributed by atoms with Crippen LogP contribution in [0, 0.1) is 29.6 Å². The fourth-order valence-corrected chi connectivity index (χ4v) is 12.7. The molecule has 0 spiro atoms. The number of primary amides is 1. The molecule has 10 amide bonds. The van der Waals surface area contributed by atoms with Crippen LogP contribution in [0.1, 0.15) is 96.1 Å². The van der Waals surface area contributed by atoms with Crippen molar-refractivity contribution >= 4 is 93.3 Å². The van der Waals surface area contributed by atoms with Crippen molar-refractivity contribution < 1.29 is 78.0 Å². The number of unbranched alkanes of at least 4 members (excludes halogenated alkanes) is 2. The Balaban J connectivity index is 1.25. The molecular weight excluding hydrogens is 1130 g/mol. The van der Waals surface area contributed by atoms with Crippen molar-refractivity contribution in [2.75, 3.05) is 58.2 Å². The average Bonchev–Trinajstić information content (AvgIpc) is 2.15. The van der Waals surface area contributed by atoms with Crippen molar-refractivity contribution in [3.8, 4) is 5.75 Å². The first kappa shape index (κ1) is 65.3. The Hall–Kier alpha value is -7.27. The van der Waals surface area contributed by atoms with Gasteiger partial charge in [-0.05, 0) is 61.8 Å². The van der Waals surface area contributed by atoms with Gasteiger partial charge in [0.15, 0.2) is 11.6 Å². The number of ketones is 2. The molecular formula is C57H79N11O16S. The zero-order chi connectivity index (χ0) is 61.8. The Morgan fingerprint density at radius 2 is 1.55 bits per heavy atom. The third-order valence-electron chi connectivity index (χ3n) is 16.8. The number of imide groups is 1. The molecule has 2 fully saturated rings. The van der Waals surface area contributed by atoms with E-state index in [0.29, 0.717) is 78.8 Å². The molecule has 5 aliphatic heterocycles. The number of likely N-dealkylation sites (tertiary alicyclic amines) is 1. The second-order valence-electron chi connectivity index (χ2n) is 23.0. The van der Waals surface area contributed by atoms with Gasteiger partial charge in [0.05, 0.1) is 60.4 Å². The summed E-state index contributed by atoms with van der Waals surface area (Å²) in [6.45, 7) is 4.12. The Morgan fingerprint density at radius 1 is 0.847 bits per heavy atom. The maximum atomic E-state index is 15.0. The lowest BCUT2D eigenvalue weighted by molar-refractivity contribution is -0.145. The molecule has 0 saturated carbocycles.